The van der Waals surface area contributed by atoms with Crippen molar-refractivity contribution >= 4 is 29.0 Å². The van der Waals surface area contributed by atoms with E-state index in [9.17, 15) is 9.18 Å². The molecule has 0 radical (unpaired) electrons. The number of benzene rings is 1. The van der Waals surface area contributed by atoms with Gasteiger partial charge < -0.3 is 15.8 Å². The molecular weight excluding hydrogens is 291 g/mol. The van der Waals surface area contributed by atoms with Crippen molar-refractivity contribution in [3.05, 3.63) is 24.0 Å². The summed E-state index contributed by atoms with van der Waals surface area (Å²) in [5.41, 5.74) is 6.03. The van der Waals surface area contributed by atoms with Gasteiger partial charge in [0.05, 0.1) is 11.8 Å². The minimum atomic E-state index is -0.474. The molecular formula is C15H21FN2O2S. The molecule has 21 heavy (non-hydrogen) atoms. The molecule has 1 amide bonds. The van der Waals surface area contributed by atoms with Crippen LogP contribution in [0, 0.1) is 5.82 Å². The highest BCUT2D eigenvalue weighted by atomic mass is 32.2. The van der Waals surface area contributed by atoms with Crippen LogP contribution in [0.5, 0.6) is 0 Å². The Labute approximate surface area is 128 Å². The Balaban J connectivity index is 1.59. The predicted molar refractivity (Wildman–Crippen MR) is 85.0 cm³/mol. The van der Waals surface area contributed by atoms with Crippen LogP contribution in [0.3, 0.4) is 0 Å². The first kappa shape index (κ1) is 16.1. The Morgan fingerprint density at radius 2 is 2.38 bits per heavy atom. The van der Waals surface area contributed by atoms with Crippen molar-refractivity contribution in [3.8, 4) is 0 Å². The molecule has 0 bridgehead atoms. The molecule has 1 aromatic carbocycles. The van der Waals surface area contributed by atoms with Gasteiger partial charge in [-0.15, -0.1) is 0 Å². The third-order valence-corrected chi connectivity index (χ3v) is 4.48. The van der Waals surface area contributed by atoms with Crippen molar-refractivity contribution in [1.29, 1.82) is 0 Å². The minimum absolute atomic E-state index is 0.0416. The van der Waals surface area contributed by atoms with Gasteiger partial charge in [0.2, 0.25) is 5.91 Å². The van der Waals surface area contributed by atoms with Crippen LogP contribution in [0.4, 0.5) is 15.8 Å². The lowest BCUT2D eigenvalue weighted by Gasteiger charge is -2.09. The van der Waals surface area contributed by atoms with Gasteiger partial charge in [0.15, 0.2) is 0 Å². The minimum Gasteiger partial charge on any atom is -0.396 e. The van der Waals surface area contributed by atoms with Gasteiger partial charge in [-0.25, -0.2) is 4.39 Å². The first-order valence-electron chi connectivity index (χ1n) is 7.19. The maximum atomic E-state index is 13.0. The number of ether oxygens (including phenoxy) is 1. The Morgan fingerprint density at radius 3 is 3.10 bits per heavy atom. The standard InChI is InChI=1S/C15H21FN2O2S/c16-13-6-5-11(9-14(13)17)18-15(19)4-2-8-21-10-12-3-1-7-20-12/h5-6,9,12H,1-4,7-8,10,17H2,(H,18,19). The Hall–Kier alpha value is -1.27. The molecule has 1 aliphatic heterocycles. The average Bonchev–Trinajstić information content (AvgIpc) is 2.96. The molecule has 1 atom stereocenters. The number of hydrogen-bond acceptors (Lipinski definition) is 4. The highest BCUT2D eigenvalue weighted by Crippen LogP contribution is 2.19. The summed E-state index contributed by atoms with van der Waals surface area (Å²) >= 11 is 1.83. The molecule has 0 spiro atoms. The molecule has 1 saturated heterocycles. The molecule has 1 unspecified atom stereocenters. The molecule has 1 aliphatic rings. The quantitative estimate of drug-likeness (QED) is 0.600. The molecule has 116 valence electrons. The summed E-state index contributed by atoms with van der Waals surface area (Å²) in [6, 6.07) is 4.19. The highest BCUT2D eigenvalue weighted by Gasteiger charge is 2.14. The maximum Gasteiger partial charge on any atom is 0.224 e. The molecule has 1 heterocycles. The van der Waals surface area contributed by atoms with Crippen molar-refractivity contribution in [2.24, 2.45) is 0 Å². The molecule has 0 aromatic heterocycles. The van der Waals surface area contributed by atoms with E-state index in [-0.39, 0.29) is 11.6 Å². The second-order valence-corrected chi connectivity index (χ2v) is 6.25. The summed E-state index contributed by atoms with van der Waals surface area (Å²) in [5, 5.41) is 2.72. The number of thioether (sulfide) groups is 1. The van der Waals surface area contributed by atoms with Gasteiger partial charge in [-0.3, -0.25) is 4.79 Å². The number of anilines is 2. The molecule has 0 aliphatic carbocycles. The van der Waals surface area contributed by atoms with E-state index in [0.29, 0.717) is 18.2 Å². The number of nitrogens with two attached hydrogens (primary N) is 1. The number of amides is 1. The SMILES string of the molecule is Nc1cc(NC(=O)CCCSCC2CCCO2)ccc1F. The third-order valence-electron chi connectivity index (χ3n) is 3.30. The lowest BCUT2D eigenvalue weighted by Crippen LogP contribution is -2.12. The topological polar surface area (TPSA) is 64.3 Å². The summed E-state index contributed by atoms with van der Waals surface area (Å²) in [5.74, 6) is 1.41. The van der Waals surface area contributed by atoms with E-state index in [4.69, 9.17) is 10.5 Å². The predicted octanol–water partition coefficient (Wildman–Crippen LogP) is 3.04. The zero-order valence-corrected chi connectivity index (χ0v) is 12.8. The third kappa shape index (κ3) is 5.55. The summed E-state index contributed by atoms with van der Waals surface area (Å²) in [6.45, 7) is 0.883. The molecule has 1 aromatic rings. The first-order chi connectivity index (χ1) is 10.1. The van der Waals surface area contributed by atoms with E-state index in [1.165, 1.54) is 18.2 Å². The fourth-order valence-corrected chi connectivity index (χ4v) is 3.21. The van der Waals surface area contributed by atoms with Gasteiger partial charge in [-0.05, 0) is 43.2 Å². The molecule has 0 saturated carbocycles. The number of rotatable bonds is 7. The van der Waals surface area contributed by atoms with Crippen molar-refractivity contribution in [2.45, 2.75) is 31.8 Å². The lowest BCUT2D eigenvalue weighted by atomic mass is 10.2. The smallest absolute Gasteiger partial charge is 0.224 e. The van der Waals surface area contributed by atoms with Crippen LogP contribution >= 0.6 is 11.8 Å². The van der Waals surface area contributed by atoms with Crippen LogP contribution in [0.2, 0.25) is 0 Å². The van der Waals surface area contributed by atoms with Gasteiger partial charge in [0, 0.05) is 24.5 Å². The second kappa shape index (κ2) is 8.24. The first-order valence-corrected chi connectivity index (χ1v) is 8.35. The van der Waals surface area contributed by atoms with E-state index in [2.05, 4.69) is 5.32 Å². The van der Waals surface area contributed by atoms with Crippen molar-refractivity contribution in [2.75, 3.05) is 29.2 Å². The molecule has 2 rings (SSSR count). The van der Waals surface area contributed by atoms with Crippen LogP contribution in [0.1, 0.15) is 25.7 Å². The fourth-order valence-electron chi connectivity index (χ4n) is 2.17. The summed E-state index contributed by atoms with van der Waals surface area (Å²) in [7, 11) is 0. The average molecular weight is 312 g/mol. The number of carbonyl (C=O) groups excluding carboxylic acids is 1. The van der Waals surface area contributed by atoms with Crippen molar-refractivity contribution in [3.63, 3.8) is 0 Å². The lowest BCUT2D eigenvalue weighted by molar-refractivity contribution is -0.116. The Bertz CT molecular complexity index is 479. The van der Waals surface area contributed by atoms with Crippen LogP contribution in [0.25, 0.3) is 0 Å². The van der Waals surface area contributed by atoms with Crippen LogP contribution in [0.15, 0.2) is 18.2 Å². The van der Waals surface area contributed by atoms with Crippen molar-refractivity contribution in [1.82, 2.24) is 0 Å². The highest BCUT2D eigenvalue weighted by molar-refractivity contribution is 7.99. The molecule has 4 nitrogen and oxygen atoms in total. The van der Waals surface area contributed by atoms with E-state index >= 15 is 0 Å². The van der Waals surface area contributed by atoms with E-state index in [1.807, 2.05) is 11.8 Å². The number of hydrogen-bond donors (Lipinski definition) is 2. The zero-order valence-electron chi connectivity index (χ0n) is 11.9. The van der Waals surface area contributed by atoms with Crippen LogP contribution in [-0.4, -0.2) is 30.1 Å². The van der Waals surface area contributed by atoms with Crippen LogP contribution in [-0.2, 0) is 9.53 Å². The summed E-state index contributed by atoms with van der Waals surface area (Å²) in [4.78, 5) is 11.7. The van der Waals surface area contributed by atoms with E-state index in [0.717, 1.165) is 37.4 Å². The van der Waals surface area contributed by atoms with E-state index in [1.54, 1.807) is 0 Å². The zero-order chi connectivity index (χ0) is 15.1. The van der Waals surface area contributed by atoms with Gasteiger partial charge >= 0.3 is 0 Å². The molecule has 6 heteroatoms. The number of halogens is 1. The van der Waals surface area contributed by atoms with Gasteiger partial charge in [0.1, 0.15) is 5.82 Å². The van der Waals surface area contributed by atoms with Crippen LogP contribution < -0.4 is 11.1 Å². The number of nitrogens with one attached hydrogen (secondary N) is 1. The fraction of sp³-hybridized carbons (Fsp3) is 0.533. The van der Waals surface area contributed by atoms with E-state index < -0.39 is 5.82 Å². The maximum absolute atomic E-state index is 13.0. The Kier molecular flexibility index (Phi) is 6.32. The summed E-state index contributed by atoms with van der Waals surface area (Å²) in [6.07, 6.45) is 3.98. The Morgan fingerprint density at radius 1 is 1.52 bits per heavy atom. The number of nitrogen functional groups attached to an aromatic ring is 1. The van der Waals surface area contributed by atoms with Gasteiger partial charge in [0.25, 0.3) is 0 Å². The monoisotopic (exact) mass is 312 g/mol. The number of carbonyl (C=O) groups is 1. The van der Waals surface area contributed by atoms with Gasteiger partial charge in [-0.2, -0.15) is 11.8 Å². The molecule has 3 N–H and O–H groups in total. The van der Waals surface area contributed by atoms with Gasteiger partial charge in [-0.1, -0.05) is 0 Å². The largest absolute Gasteiger partial charge is 0.396 e. The summed E-state index contributed by atoms with van der Waals surface area (Å²) < 4.78 is 18.5. The normalized spacial score (nSPS) is 17.9. The molecule has 1 fully saturated rings. The second-order valence-electron chi connectivity index (χ2n) is 5.10. The van der Waals surface area contributed by atoms with Crippen molar-refractivity contribution < 1.29 is 13.9 Å².